The summed E-state index contributed by atoms with van der Waals surface area (Å²) in [4.78, 5) is 28.7. The van der Waals surface area contributed by atoms with E-state index in [1.54, 1.807) is 0 Å². The summed E-state index contributed by atoms with van der Waals surface area (Å²) >= 11 is 0. The first-order valence-corrected chi connectivity index (χ1v) is 12.8. The van der Waals surface area contributed by atoms with Crippen molar-refractivity contribution in [1.82, 2.24) is 9.80 Å². The molecule has 0 aliphatic carbocycles. The van der Waals surface area contributed by atoms with Gasteiger partial charge in [-0.3, -0.25) is 4.79 Å². The summed E-state index contributed by atoms with van der Waals surface area (Å²) in [5, 5.41) is 7.12. The third-order valence-corrected chi connectivity index (χ3v) is 7.45. The Balaban J connectivity index is 0.000000479. The van der Waals surface area contributed by atoms with Gasteiger partial charge in [0.25, 0.3) is 5.91 Å². The maximum Gasteiger partial charge on any atom is 0.490 e. The van der Waals surface area contributed by atoms with Gasteiger partial charge in [0.2, 0.25) is 0 Å². The van der Waals surface area contributed by atoms with Crippen LogP contribution in [0.15, 0.2) is 54.6 Å². The standard InChI is InChI=1S/C26H35N3O.C2HF3O2/c1-4-28(5-2)26(30)21-11-13-22(14-12-21)29(19-20-9-7-6-8-10-20)25-17-23-15-16-24(18-25)27(23)3;3-2(4,5)1(6)7/h6-14,23-25H,4-5,15-19H2,1-3H3;(H,6,7)/t23-,24+,25+;. The third kappa shape index (κ3) is 7.25. The number of piperidine rings is 1. The molecule has 0 saturated carbocycles. The maximum atomic E-state index is 12.7. The molecule has 2 fully saturated rings. The number of carbonyl (C=O) groups excluding carboxylic acids is 1. The number of halogens is 3. The monoisotopic (exact) mass is 519 g/mol. The highest BCUT2D eigenvalue weighted by molar-refractivity contribution is 5.94. The van der Waals surface area contributed by atoms with Crippen LogP contribution >= 0.6 is 0 Å². The van der Waals surface area contributed by atoms with Crippen molar-refractivity contribution in [1.29, 1.82) is 0 Å². The lowest BCUT2D eigenvalue weighted by Gasteiger charge is -2.43. The third-order valence-electron chi connectivity index (χ3n) is 7.45. The normalized spacial score (nSPS) is 21.1. The van der Waals surface area contributed by atoms with Gasteiger partial charge < -0.3 is 19.8 Å². The quantitative estimate of drug-likeness (QED) is 0.528. The molecule has 2 aliphatic heterocycles. The highest BCUT2D eigenvalue weighted by Crippen LogP contribution is 2.38. The molecule has 1 amide bonds. The van der Waals surface area contributed by atoms with Gasteiger partial charge in [0.05, 0.1) is 0 Å². The average Bonchev–Trinajstić information content (AvgIpc) is 3.08. The van der Waals surface area contributed by atoms with Crippen molar-refractivity contribution < 1.29 is 27.9 Å². The molecular formula is C28H36F3N3O3. The van der Waals surface area contributed by atoms with Crippen LogP contribution in [0.4, 0.5) is 18.9 Å². The summed E-state index contributed by atoms with van der Waals surface area (Å²) < 4.78 is 31.7. The Morgan fingerprint density at radius 1 is 0.946 bits per heavy atom. The average molecular weight is 520 g/mol. The molecule has 4 rings (SSSR count). The van der Waals surface area contributed by atoms with Crippen molar-refractivity contribution >= 4 is 17.6 Å². The van der Waals surface area contributed by atoms with E-state index in [4.69, 9.17) is 9.90 Å². The Hall–Kier alpha value is -3.07. The van der Waals surface area contributed by atoms with E-state index in [1.165, 1.54) is 36.9 Å². The van der Waals surface area contributed by atoms with Crippen LogP contribution in [0.5, 0.6) is 0 Å². The van der Waals surface area contributed by atoms with E-state index in [0.717, 1.165) is 25.2 Å². The number of carboxylic acids is 1. The molecule has 0 aromatic heterocycles. The van der Waals surface area contributed by atoms with Gasteiger partial charge in [-0.05, 0) is 76.4 Å². The van der Waals surface area contributed by atoms with Gasteiger partial charge in [-0.2, -0.15) is 13.2 Å². The number of amides is 1. The zero-order valence-corrected chi connectivity index (χ0v) is 21.6. The van der Waals surface area contributed by atoms with Crippen LogP contribution in [0.3, 0.4) is 0 Å². The second kappa shape index (κ2) is 12.4. The molecule has 9 heteroatoms. The second-order valence-corrected chi connectivity index (χ2v) is 9.62. The van der Waals surface area contributed by atoms with Gasteiger partial charge in [0.1, 0.15) is 0 Å². The first-order chi connectivity index (χ1) is 17.5. The summed E-state index contributed by atoms with van der Waals surface area (Å²) in [6, 6.07) is 21.0. The zero-order chi connectivity index (χ0) is 27.2. The van der Waals surface area contributed by atoms with Gasteiger partial charge >= 0.3 is 12.1 Å². The van der Waals surface area contributed by atoms with Crippen LogP contribution in [-0.2, 0) is 11.3 Å². The molecule has 0 radical (unpaired) electrons. The number of carbonyl (C=O) groups is 2. The van der Waals surface area contributed by atoms with Crippen LogP contribution in [-0.4, -0.2) is 71.2 Å². The molecule has 2 aliphatic rings. The van der Waals surface area contributed by atoms with E-state index < -0.39 is 12.1 Å². The van der Waals surface area contributed by atoms with Crippen molar-refractivity contribution in [2.24, 2.45) is 0 Å². The van der Waals surface area contributed by atoms with E-state index in [1.807, 2.05) is 30.9 Å². The number of nitrogens with zero attached hydrogens (tertiary/aromatic N) is 3. The van der Waals surface area contributed by atoms with Crippen molar-refractivity contribution in [2.45, 2.75) is 70.4 Å². The molecule has 0 unspecified atom stereocenters. The lowest BCUT2D eigenvalue weighted by atomic mass is 9.95. The molecular weight excluding hydrogens is 483 g/mol. The fourth-order valence-electron chi connectivity index (χ4n) is 5.34. The van der Waals surface area contributed by atoms with E-state index in [9.17, 15) is 18.0 Å². The van der Waals surface area contributed by atoms with Crippen molar-refractivity contribution in [3.05, 3.63) is 65.7 Å². The summed E-state index contributed by atoms with van der Waals surface area (Å²) in [6.07, 6.45) is 0.0161. The Labute approximate surface area is 216 Å². The van der Waals surface area contributed by atoms with Crippen molar-refractivity contribution in [2.75, 3.05) is 25.0 Å². The number of aliphatic carboxylic acids is 1. The first-order valence-electron chi connectivity index (χ1n) is 12.8. The minimum Gasteiger partial charge on any atom is -0.475 e. The molecule has 1 N–H and O–H groups in total. The Bertz CT molecular complexity index is 1010. The van der Waals surface area contributed by atoms with Crippen LogP contribution in [0, 0.1) is 0 Å². The maximum absolute atomic E-state index is 12.7. The number of hydrogen-bond acceptors (Lipinski definition) is 4. The van der Waals surface area contributed by atoms with Crippen LogP contribution in [0.1, 0.15) is 55.5 Å². The number of carboxylic acid groups (broad SMARTS) is 1. The summed E-state index contributed by atoms with van der Waals surface area (Å²) in [5.74, 6) is -2.63. The number of alkyl halides is 3. The number of hydrogen-bond donors (Lipinski definition) is 1. The number of fused-ring (bicyclic) bond motifs is 2. The minimum atomic E-state index is -5.08. The Morgan fingerprint density at radius 3 is 1.92 bits per heavy atom. The molecule has 202 valence electrons. The van der Waals surface area contributed by atoms with Gasteiger partial charge in [-0.25, -0.2) is 4.79 Å². The number of rotatable bonds is 7. The Morgan fingerprint density at radius 2 is 1.46 bits per heavy atom. The largest absolute Gasteiger partial charge is 0.490 e. The van der Waals surface area contributed by atoms with E-state index in [-0.39, 0.29) is 5.91 Å². The van der Waals surface area contributed by atoms with Gasteiger partial charge in [0.15, 0.2) is 0 Å². The minimum absolute atomic E-state index is 0.124. The molecule has 3 atom stereocenters. The highest BCUT2D eigenvalue weighted by Gasteiger charge is 2.40. The molecule has 2 saturated heterocycles. The smallest absolute Gasteiger partial charge is 0.475 e. The topological polar surface area (TPSA) is 64.1 Å². The highest BCUT2D eigenvalue weighted by atomic mass is 19.4. The van der Waals surface area contributed by atoms with Gasteiger partial charge in [-0.1, -0.05) is 30.3 Å². The summed E-state index contributed by atoms with van der Waals surface area (Å²) in [6.45, 7) is 6.47. The SMILES string of the molecule is CCN(CC)C(=O)c1ccc(N(Cc2ccccc2)[C@H]2C[C@H]3CC[C@@H](C2)N3C)cc1.O=C(O)C(F)(F)F. The fraction of sp³-hybridized carbons (Fsp3) is 0.500. The van der Waals surface area contributed by atoms with Crippen molar-refractivity contribution in [3.63, 3.8) is 0 Å². The van der Waals surface area contributed by atoms with Crippen molar-refractivity contribution in [3.8, 4) is 0 Å². The van der Waals surface area contributed by atoms with E-state index >= 15 is 0 Å². The van der Waals surface area contributed by atoms with E-state index in [0.29, 0.717) is 18.1 Å². The molecule has 2 aromatic carbocycles. The molecule has 2 aromatic rings. The molecule has 2 heterocycles. The predicted octanol–water partition coefficient (Wildman–Crippen LogP) is 5.43. The molecule has 37 heavy (non-hydrogen) atoms. The zero-order valence-electron chi connectivity index (χ0n) is 21.6. The van der Waals surface area contributed by atoms with Gasteiger partial charge in [0, 0.05) is 49.0 Å². The van der Waals surface area contributed by atoms with Crippen LogP contribution in [0.2, 0.25) is 0 Å². The fourth-order valence-corrected chi connectivity index (χ4v) is 5.34. The molecule has 6 nitrogen and oxygen atoms in total. The predicted molar refractivity (Wildman–Crippen MR) is 138 cm³/mol. The number of anilines is 1. The molecule has 0 spiro atoms. The van der Waals surface area contributed by atoms with Crippen LogP contribution < -0.4 is 4.90 Å². The first kappa shape index (κ1) is 28.5. The lowest BCUT2D eigenvalue weighted by molar-refractivity contribution is -0.192. The number of benzene rings is 2. The van der Waals surface area contributed by atoms with E-state index in [2.05, 4.69) is 59.3 Å². The second-order valence-electron chi connectivity index (χ2n) is 9.62. The van der Waals surface area contributed by atoms with Gasteiger partial charge in [-0.15, -0.1) is 0 Å². The molecule has 2 bridgehead atoms. The Kier molecular flexibility index (Phi) is 9.59. The van der Waals surface area contributed by atoms with Crippen LogP contribution in [0.25, 0.3) is 0 Å². The summed E-state index contributed by atoms with van der Waals surface area (Å²) in [7, 11) is 2.30. The lowest BCUT2D eigenvalue weighted by Crippen LogP contribution is -2.49. The summed E-state index contributed by atoms with van der Waals surface area (Å²) in [5.41, 5.74) is 3.35.